The zero-order chi connectivity index (χ0) is 20.1. The number of sulfonamides is 1. The van der Waals surface area contributed by atoms with E-state index >= 15 is 0 Å². The maximum Gasteiger partial charge on any atom is 0.243 e. The highest BCUT2D eigenvalue weighted by molar-refractivity contribution is 7.92. The zero-order valence-electron chi connectivity index (χ0n) is 15.7. The summed E-state index contributed by atoms with van der Waals surface area (Å²) in [7, 11) is -3.63. The number of benzene rings is 2. The number of imidazole rings is 1. The highest BCUT2D eigenvalue weighted by atomic mass is 32.2. The lowest BCUT2D eigenvalue weighted by Crippen LogP contribution is -2.47. The van der Waals surface area contributed by atoms with E-state index in [0.29, 0.717) is 5.69 Å². The van der Waals surface area contributed by atoms with Crippen molar-refractivity contribution in [3.63, 3.8) is 0 Å². The number of para-hydroxylation sites is 2. The van der Waals surface area contributed by atoms with E-state index in [4.69, 9.17) is 0 Å². The first kappa shape index (κ1) is 19.6. The van der Waals surface area contributed by atoms with Gasteiger partial charge >= 0.3 is 0 Å². The van der Waals surface area contributed by atoms with Gasteiger partial charge in [0.25, 0.3) is 0 Å². The third kappa shape index (κ3) is 4.40. The lowest BCUT2D eigenvalue weighted by molar-refractivity contribution is -0.122. The second-order valence-corrected chi connectivity index (χ2v) is 8.25. The van der Waals surface area contributed by atoms with Gasteiger partial charge in [-0.25, -0.2) is 13.4 Å². The molecule has 2 aromatic carbocycles. The molecular formula is C20H22N4O3S. The highest BCUT2D eigenvalue weighted by Gasteiger charge is 2.28. The molecule has 0 bridgehead atoms. The van der Waals surface area contributed by atoms with Crippen LogP contribution in [0.15, 0.2) is 73.3 Å². The molecule has 0 unspecified atom stereocenters. The first-order chi connectivity index (χ1) is 13.4. The Morgan fingerprint density at radius 1 is 1.14 bits per heavy atom. The summed E-state index contributed by atoms with van der Waals surface area (Å²) in [6, 6.07) is 15.3. The first-order valence-corrected chi connectivity index (χ1v) is 10.6. The maximum absolute atomic E-state index is 12.7. The van der Waals surface area contributed by atoms with E-state index < -0.39 is 16.1 Å². The summed E-state index contributed by atoms with van der Waals surface area (Å²) in [5.74, 6) is -0.380. The number of nitrogens with zero attached hydrogens (tertiary/aromatic N) is 3. The quantitative estimate of drug-likeness (QED) is 0.662. The van der Waals surface area contributed by atoms with E-state index in [0.717, 1.165) is 21.8 Å². The molecule has 28 heavy (non-hydrogen) atoms. The van der Waals surface area contributed by atoms with Crippen LogP contribution in [0, 0.1) is 0 Å². The van der Waals surface area contributed by atoms with Crippen molar-refractivity contribution in [1.82, 2.24) is 14.9 Å². The summed E-state index contributed by atoms with van der Waals surface area (Å²) in [5, 5.41) is 2.84. The first-order valence-electron chi connectivity index (χ1n) is 8.76. The van der Waals surface area contributed by atoms with Gasteiger partial charge in [-0.2, -0.15) is 0 Å². The minimum atomic E-state index is -3.63. The van der Waals surface area contributed by atoms with Crippen LogP contribution in [-0.2, 0) is 21.4 Å². The number of hydrogen-bond donors (Lipinski definition) is 1. The van der Waals surface area contributed by atoms with Gasteiger partial charge in [-0.15, -0.1) is 0 Å². The third-order valence-electron chi connectivity index (χ3n) is 4.33. The number of rotatable bonds is 7. The van der Waals surface area contributed by atoms with Crippen molar-refractivity contribution in [2.45, 2.75) is 19.5 Å². The van der Waals surface area contributed by atoms with Gasteiger partial charge in [0.15, 0.2) is 0 Å². The average molecular weight is 398 g/mol. The van der Waals surface area contributed by atoms with Gasteiger partial charge in [-0.05, 0) is 30.7 Å². The van der Waals surface area contributed by atoms with Crippen molar-refractivity contribution in [3.8, 4) is 5.69 Å². The molecule has 0 saturated heterocycles. The van der Waals surface area contributed by atoms with E-state index in [-0.39, 0.29) is 12.5 Å². The second kappa shape index (κ2) is 8.26. The van der Waals surface area contributed by atoms with Crippen molar-refractivity contribution in [3.05, 3.63) is 78.9 Å². The Hall–Kier alpha value is -3.13. The molecule has 1 aromatic heterocycles. The summed E-state index contributed by atoms with van der Waals surface area (Å²) < 4.78 is 27.6. The van der Waals surface area contributed by atoms with Crippen LogP contribution in [-0.4, -0.2) is 36.2 Å². The lowest BCUT2D eigenvalue weighted by Gasteiger charge is -2.28. The van der Waals surface area contributed by atoms with Gasteiger partial charge in [0.1, 0.15) is 6.04 Å². The number of carbonyl (C=O) groups excluding carboxylic acids is 1. The van der Waals surface area contributed by atoms with Gasteiger partial charge in [-0.1, -0.05) is 36.4 Å². The number of hydrogen-bond acceptors (Lipinski definition) is 4. The van der Waals surface area contributed by atoms with Crippen LogP contribution in [0.2, 0.25) is 0 Å². The van der Waals surface area contributed by atoms with Crippen molar-refractivity contribution in [2.24, 2.45) is 0 Å². The number of amides is 1. The Kier molecular flexibility index (Phi) is 5.79. The maximum atomic E-state index is 12.7. The zero-order valence-corrected chi connectivity index (χ0v) is 16.5. The topological polar surface area (TPSA) is 84.3 Å². The molecule has 0 aliphatic heterocycles. The molecular weight excluding hydrogens is 376 g/mol. The molecule has 1 heterocycles. The molecule has 0 aliphatic carbocycles. The average Bonchev–Trinajstić information content (AvgIpc) is 3.20. The fourth-order valence-electron chi connectivity index (χ4n) is 3.03. The van der Waals surface area contributed by atoms with Crippen LogP contribution in [0.5, 0.6) is 0 Å². The summed E-state index contributed by atoms with van der Waals surface area (Å²) in [6.45, 7) is 1.84. The number of nitrogens with one attached hydrogen (secondary N) is 1. The molecule has 0 spiro atoms. The SMILES string of the molecule is C[C@@H](C(=O)NCc1ccccc1-n1ccnc1)N(c1ccccc1)S(C)(=O)=O. The Bertz CT molecular complexity index is 1030. The van der Waals surface area contributed by atoms with Crippen LogP contribution in [0.4, 0.5) is 5.69 Å². The molecule has 8 heteroatoms. The summed E-state index contributed by atoms with van der Waals surface area (Å²) in [5.41, 5.74) is 2.24. The molecule has 1 N–H and O–H groups in total. The lowest BCUT2D eigenvalue weighted by atomic mass is 10.1. The van der Waals surface area contributed by atoms with Gasteiger partial charge in [0.2, 0.25) is 15.9 Å². The molecule has 7 nitrogen and oxygen atoms in total. The fourth-order valence-corrected chi connectivity index (χ4v) is 4.20. The molecule has 146 valence electrons. The minimum Gasteiger partial charge on any atom is -0.350 e. The second-order valence-electron chi connectivity index (χ2n) is 6.39. The van der Waals surface area contributed by atoms with Crippen LogP contribution in [0.25, 0.3) is 5.69 Å². The predicted octanol–water partition coefficient (Wildman–Crippen LogP) is 2.34. The fraction of sp³-hybridized carbons (Fsp3) is 0.200. The highest BCUT2D eigenvalue weighted by Crippen LogP contribution is 2.20. The minimum absolute atomic E-state index is 0.268. The van der Waals surface area contributed by atoms with Crippen LogP contribution < -0.4 is 9.62 Å². The third-order valence-corrected chi connectivity index (χ3v) is 5.57. The number of carbonyl (C=O) groups is 1. The van der Waals surface area contributed by atoms with Crippen LogP contribution >= 0.6 is 0 Å². The smallest absolute Gasteiger partial charge is 0.243 e. The molecule has 1 atom stereocenters. The Morgan fingerprint density at radius 3 is 2.46 bits per heavy atom. The van der Waals surface area contributed by atoms with E-state index in [1.165, 1.54) is 0 Å². The van der Waals surface area contributed by atoms with Gasteiger partial charge in [0, 0.05) is 18.9 Å². The molecule has 3 rings (SSSR count). The summed E-state index contributed by atoms with van der Waals surface area (Å²) in [4.78, 5) is 16.8. The molecule has 0 radical (unpaired) electrons. The number of aromatic nitrogens is 2. The van der Waals surface area contributed by atoms with Gasteiger partial charge in [0.05, 0.1) is 24.0 Å². The summed E-state index contributed by atoms with van der Waals surface area (Å²) >= 11 is 0. The summed E-state index contributed by atoms with van der Waals surface area (Å²) in [6.07, 6.45) is 6.29. The standard InChI is InChI=1S/C20H22N4O3S/c1-16(24(28(2,26)27)18-9-4-3-5-10-18)20(25)22-14-17-8-6-7-11-19(17)23-13-12-21-15-23/h3-13,15-16H,14H2,1-2H3,(H,22,25)/t16-/m0/s1. The van der Waals surface area contributed by atoms with Crippen molar-refractivity contribution in [1.29, 1.82) is 0 Å². The van der Waals surface area contributed by atoms with Gasteiger partial charge < -0.3 is 9.88 Å². The largest absolute Gasteiger partial charge is 0.350 e. The Morgan fingerprint density at radius 2 is 1.82 bits per heavy atom. The Labute approximate surface area is 164 Å². The van der Waals surface area contributed by atoms with Gasteiger partial charge in [-0.3, -0.25) is 9.10 Å². The van der Waals surface area contributed by atoms with Crippen LogP contribution in [0.3, 0.4) is 0 Å². The monoisotopic (exact) mass is 398 g/mol. The van der Waals surface area contributed by atoms with Crippen LogP contribution in [0.1, 0.15) is 12.5 Å². The molecule has 0 saturated carbocycles. The van der Waals surface area contributed by atoms with E-state index in [1.807, 2.05) is 35.0 Å². The normalized spacial score (nSPS) is 12.4. The van der Waals surface area contributed by atoms with E-state index in [9.17, 15) is 13.2 Å². The molecule has 3 aromatic rings. The molecule has 1 amide bonds. The van der Waals surface area contributed by atoms with E-state index in [2.05, 4.69) is 10.3 Å². The molecule has 0 aliphatic rings. The Balaban J connectivity index is 1.78. The predicted molar refractivity (Wildman–Crippen MR) is 109 cm³/mol. The van der Waals surface area contributed by atoms with Crippen molar-refractivity contribution >= 4 is 21.6 Å². The number of anilines is 1. The van der Waals surface area contributed by atoms with Crippen molar-refractivity contribution < 1.29 is 13.2 Å². The van der Waals surface area contributed by atoms with E-state index in [1.54, 1.807) is 49.8 Å². The molecule has 0 fully saturated rings. The van der Waals surface area contributed by atoms with Crippen molar-refractivity contribution in [2.75, 3.05) is 10.6 Å².